The molecule has 4 rings (SSSR count). The van der Waals surface area contributed by atoms with Crippen LogP contribution >= 0.6 is 0 Å². The molecule has 3 heterocycles. The summed E-state index contributed by atoms with van der Waals surface area (Å²) in [4.78, 5) is 7.30. The van der Waals surface area contributed by atoms with E-state index in [0.717, 1.165) is 45.1 Å². The maximum absolute atomic E-state index is 11.7. The topological polar surface area (TPSA) is 71.0 Å². The number of likely N-dealkylation sites (tertiary alicyclic amines) is 1. The number of sulfone groups is 1. The van der Waals surface area contributed by atoms with E-state index in [1.807, 2.05) is 0 Å². The Bertz CT molecular complexity index is 604. The van der Waals surface area contributed by atoms with Crippen molar-refractivity contribution >= 4 is 15.8 Å². The van der Waals surface area contributed by atoms with E-state index in [-0.39, 0.29) is 5.92 Å². The first-order valence-electron chi connectivity index (χ1n) is 9.88. The highest BCUT2D eigenvalue weighted by atomic mass is 32.2. The number of hydrogen-bond donors (Lipinski definition) is 1. The van der Waals surface area contributed by atoms with Crippen LogP contribution in [0.25, 0.3) is 0 Å². The molecule has 1 aliphatic carbocycles. The molecule has 142 valence electrons. The Kier molecular flexibility index (Phi) is 4.97. The summed E-state index contributed by atoms with van der Waals surface area (Å²) in [5.41, 5.74) is 0.291. The Labute approximate surface area is 151 Å². The van der Waals surface area contributed by atoms with Crippen molar-refractivity contribution in [1.82, 2.24) is 10.2 Å². The summed E-state index contributed by atoms with van der Waals surface area (Å²) in [6.07, 6.45) is 8.06. The van der Waals surface area contributed by atoms with Crippen LogP contribution in [0.4, 0.5) is 0 Å². The first kappa shape index (κ1) is 17.6. The molecule has 2 atom stereocenters. The minimum atomic E-state index is -2.82. The van der Waals surface area contributed by atoms with Crippen molar-refractivity contribution in [2.24, 2.45) is 16.3 Å². The predicted molar refractivity (Wildman–Crippen MR) is 98.5 cm³/mol. The van der Waals surface area contributed by atoms with Gasteiger partial charge in [-0.2, -0.15) is 0 Å². The van der Waals surface area contributed by atoms with Gasteiger partial charge in [-0.15, -0.1) is 0 Å². The van der Waals surface area contributed by atoms with Gasteiger partial charge in [-0.1, -0.05) is 0 Å². The Hall–Kier alpha value is -0.820. The van der Waals surface area contributed by atoms with E-state index in [2.05, 4.69) is 10.2 Å². The van der Waals surface area contributed by atoms with Gasteiger partial charge in [-0.3, -0.25) is 4.99 Å². The molecule has 0 bridgehead atoms. The molecule has 1 N–H and O–H groups in total. The van der Waals surface area contributed by atoms with Crippen molar-refractivity contribution in [3.63, 3.8) is 0 Å². The van der Waals surface area contributed by atoms with E-state index in [9.17, 15) is 8.42 Å². The van der Waals surface area contributed by atoms with Gasteiger partial charge >= 0.3 is 0 Å². The first-order valence-corrected chi connectivity index (χ1v) is 11.7. The molecule has 4 aliphatic rings. The molecule has 3 aliphatic heterocycles. The third kappa shape index (κ3) is 4.48. The average Bonchev–Trinajstić information content (AvgIpc) is 3.34. The van der Waals surface area contributed by atoms with E-state index >= 15 is 0 Å². The summed E-state index contributed by atoms with van der Waals surface area (Å²) in [5.74, 6) is 1.85. The second kappa shape index (κ2) is 7.06. The van der Waals surface area contributed by atoms with Gasteiger partial charge in [-0.05, 0) is 50.9 Å². The quantitative estimate of drug-likeness (QED) is 0.602. The average molecular weight is 370 g/mol. The third-order valence-corrected chi connectivity index (χ3v) is 7.94. The van der Waals surface area contributed by atoms with Crippen molar-refractivity contribution < 1.29 is 13.2 Å². The molecular formula is C18H31N3O3S. The summed E-state index contributed by atoms with van der Waals surface area (Å²) in [6.45, 7) is 4.48. The van der Waals surface area contributed by atoms with Crippen LogP contribution in [0.3, 0.4) is 0 Å². The molecule has 7 heteroatoms. The Morgan fingerprint density at radius 2 is 2.08 bits per heavy atom. The molecule has 25 heavy (non-hydrogen) atoms. The first-order chi connectivity index (χ1) is 12.0. The lowest BCUT2D eigenvalue weighted by Gasteiger charge is -2.45. The van der Waals surface area contributed by atoms with Gasteiger partial charge in [-0.25, -0.2) is 8.42 Å². The van der Waals surface area contributed by atoms with Gasteiger partial charge in [0.25, 0.3) is 0 Å². The number of nitrogens with zero attached hydrogens (tertiary/aromatic N) is 2. The number of piperidine rings is 1. The van der Waals surface area contributed by atoms with E-state index < -0.39 is 9.84 Å². The van der Waals surface area contributed by atoms with Crippen LogP contribution in [0.1, 0.15) is 44.9 Å². The van der Waals surface area contributed by atoms with E-state index in [1.54, 1.807) is 0 Å². The van der Waals surface area contributed by atoms with Crippen LogP contribution in [-0.4, -0.2) is 69.7 Å². The largest absolute Gasteiger partial charge is 0.381 e. The van der Waals surface area contributed by atoms with Crippen LogP contribution in [0.15, 0.2) is 4.99 Å². The lowest BCUT2D eigenvalue weighted by Crippen LogP contribution is -2.53. The fourth-order valence-corrected chi connectivity index (χ4v) is 6.35. The smallest absolute Gasteiger partial charge is 0.194 e. The van der Waals surface area contributed by atoms with Gasteiger partial charge < -0.3 is 15.0 Å². The molecular weight excluding hydrogens is 338 g/mol. The zero-order valence-electron chi connectivity index (χ0n) is 15.1. The summed E-state index contributed by atoms with van der Waals surface area (Å²) in [6, 6.07) is 0.562. The summed E-state index contributed by atoms with van der Waals surface area (Å²) >= 11 is 0. The van der Waals surface area contributed by atoms with E-state index in [1.165, 1.54) is 32.1 Å². The van der Waals surface area contributed by atoms with Crippen molar-refractivity contribution in [2.45, 2.75) is 51.0 Å². The number of hydrogen-bond acceptors (Lipinski definition) is 4. The molecule has 6 nitrogen and oxygen atoms in total. The lowest BCUT2D eigenvalue weighted by molar-refractivity contribution is -0.0370. The summed E-state index contributed by atoms with van der Waals surface area (Å²) < 4.78 is 29.2. The van der Waals surface area contributed by atoms with Crippen LogP contribution in [0, 0.1) is 11.3 Å². The molecule has 0 aromatic heterocycles. The van der Waals surface area contributed by atoms with E-state index in [4.69, 9.17) is 9.73 Å². The monoisotopic (exact) mass is 369 g/mol. The van der Waals surface area contributed by atoms with Crippen LogP contribution in [0.2, 0.25) is 0 Å². The maximum atomic E-state index is 11.7. The zero-order valence-corrected chi connectivity index (χ0v) is 15.9. The maximum Gasteiger partial charge on any atom is 0.194 e. The fraction of sp³-hybridized carbons (Fsp3) is 0.944. The van der Waals surface area contributed by atoms with Crippen molar-refractivity contribution in [1.29, 1.82) is 0 Å². The third-order valence-electron chi connectivity index (χ3n) is 6.10. The molecule has 2 unspecified atom stereocenters. The molecule has 4 fully saturated rings. The molecule has 0 radical (unpaired) electrons. The number of rotatable bonds is 3. The van der Waals surface area contributed by atoms with Crippen molar-refractivity contribution in [3.8, 4) is 0 Å². The number of nitrogens with one attached hydrogen (secondary N) is 1. The standard InChI is InChI=1S/C18H31N3O3S/c22-25(23)10-5-15(12-25)11-19-17(20-16-3-4-16)21-8-1-6-18(13-21)7-2-9-24-14-18/h15-16H,1-14H2,(H,19,20). The van der Waals surface area contributed by atoms with Crippen molar-refractivity contribution in [2.75, 3.05) is 44.4 Å². The number of aliphatic imine (C=N–C) groups is 1. The lowest BCUT2D eigenvalue weighted by atomic mass is 9.76. The normalized spacial score (nSPS) is 35.9. The zero-order chi connectivity index (χ0) is 17.3. The van der Waals surface area contributed by atoms with Crippen LogP contribution < -0.4 is 5.32 Å². The van der Waals surface area contributed by atoms with Crippen LogP contribution in [-0.2, 0) is 14.6 Å². The molecule has 1 saturated carbocycles. The van der Waals surface area contributed by atoms with Gasteiger partial charge in [0.15, 0.2) is 15.8 Å². The second-order valence-electron chi connectivity index (χ2n) is 8.53. The van der Waals surface area contributed by atoms with Gasteiger partial charge in [0.2, 0.25) is 0 Å². The Balaban J connectivity index is 1.43. The van der Waals surface area contributed by atoms with Crippen LogP contribution in [0.5, 0.6) is 0 Å². The predicted octanol–water partition coefficient (Wildman–Crippen LogP) is 1.42. The fourth-order valence-electron chi connectivity index (χ4n) is 4.50. The highest BCUT2D eigenvalue weighted by molar-refractivity contribution is 7.91. The van der Waals surface area contributed by atoms with Crippen molar-refractivity contribution in [3.05, 3.63) is 0 Å². The summed E-state index contributed by atoms with van der Waals surface area (Å²) in [5, 5.41) is 3.61. The van der Waals surface area contributed by atoms with Gasteiger partial charge in [0.05, 0.1) is 18.1 Å². The minimum Gasteiger partial charge on any atom is -0.381 e. The highest BCUT2D eigenvalue weighted by Gasteiger charge is 2.39. The molecule has 0 amide bonds. The molecule has 0 aromatic rings. The SMILES string of the molecule is O=S1(=O)CCC(CN=C(NC2CC2)N2CCCC3(CCCOC3)C2)C1. The molecule has 3 saturated heterocycles. The Morgan fingerprint density at radius 1 is 1.24 bits per heavy atom. The number of ether oxygens (including phenoxy) is 1. The van der Waals surface area contributed by atoms with Gasteiger partial charge in [0, 0.05) is 37.7 Å². The Morgan fingerprint density at radius 3 is 2.76 bits per heavy atom. The second-order valence-corrected chi connectivity index (χ2v) is 10.8. The number of guanidine groups is 1. The van der Waals surface area contributed by atoms with Gasteiger partial charge in [0.1, 0.15) is 0 Å². The molecule has 1 spiro atoms. The van der Waals surface area contributed by atoms with E-state index in [0.29, 0.717) is 29.5 Å². The highest BCUT2D eigenvalue weighted by Crippen LogP contribution is 2.37. The summed E-state index contributed by atoms with van der Waals surface area (Å²) in [7, 11) is -2.82. The molecule has 0 aromatic carbocycles. The minimum absolute atomic E-state index is 0.192.